The Bertz CT molecular complexity index is 914. The molecular weight excluding hydrogens is 397 g/mol. The SMILES string of the molecule is CCCC1[C@@H](CC)O[C@@H](n2cnc3c(=O)[nH]c(NCC(C)C)nc32)[C@H]1O[P+](=O)O. The normalized spacial score (nSPS) is 25.1. The lowest BCUT2D eigenvalue weighted by atomic mass is 9.92. The maximum absolute atomic E-state index is 12.4. The minimum Gasteiger partial charge on any atom is -0.355 e. The smallest absolute Gasteiger partial charge is 0.355 e. The second-order valence-corrected chi connectivity index (χ2v) is 8.43. The Morgan fingerprint density at radius 1 is 1.45 bits per heavy atom. The zero-order chi connectivity index (χ0) is 21.1. The molecule has 5 atom stereocenters. The van der Waals surface area contributed by atoms with Gasteiger partial charge >= 0.3 is 8.25 Å². The number of imidazole rings is 1. The van der Waals surface area contributed by atoms with Gasteiger partial charge in [0.1, 0.15) is 0 Å². The van der Waals surface area contributed by atoms with E-state index in [4.69, 9.17) is 9.26 Å². The molecule has 0 aromatic carbocycles. The standard InChI is InChI=1S/C18H28N5O5P/c1-5-7-11-12(6-2)27-17(14(11)28-29(25)26)23-9-20-13-15(23)21-18(22-16(13)24)19-8-10(3)4/h9-12,14,17H,5-8H2,1-4H3,(H2-,19,21,22,24,25,26)/p+1/t11?,12-,14+,17-/m1/s1. The van der Waals surface area contributed by atoms with E-state index >= 15 is 0 Å². The zero-order valence-corrected chi connectivity index (χ0v) is 18.1. The van der Waals surface area contributed by atoms with Gasteiger partial charge in [0.2, 0.25) is 5.95 Å². The van der Waals surface area contributed by atoms with Gasteiger partial charge in [0.15, 0.2) is 23.5 Å². The topological polar surface area (TPSA) is 131 Å². The van der Waals surface area contributed by atoms with E-state index in [2.05, 4.69) is 41.0 Å². The van der Waals surface area contributed by atoms with Gasteiger partial charge in [0.25, 0.3) is 5.56 Å². The average Bonchev–Trinajstić information content (AvgIpc) is 3.22. The van der Waals surface area contributed by atoms with Crippen molar-refractivity contribution in [3.8, 4) is 0 Å². The first-order valence-corrected chi connectivity index (χ1v) is 11.2. The van der Waals surface area contributed by atoms with Crippen LogP contribution in [0.2, 0.25) is 0 Å². The van der Waals surface area contributed by atoms with Gasteiger partial charge in [-0.1, -0.05) is 34.1 Å². The molecule has 0 aliphatic carbocycles. The highest BCUT2D eigenvalue weighted by molar-refractivity contribution is 7.32. The summed E-state index contributed by atoms with van der Waals surface area (Å²) in [6.07, 6.45) is 2.45. The van der Waals surface area contributed by atoms with Crippen LogP contribution in [0.5, 0.6) is 0 Å². The number of nitrogens with one attached hydrogen (secondary N) is 2. The number of anilines is 1. The average molecular weight is 426 g/mol. The van der Waals surface area contributed by atoms with E-state index in [1.54, 1.807) is 4.57 Å². The van der Waals surface area contributed by atoms with Gasteiger partial charge in [-0.05, 0) is 18.8 Å². The maximum atomic E-state index is 12.4. The Kier molecular flexibility index (Phi) is 7.00. The molecule has 1 saturated heterocycles. The van der Waals surface area contributed by atoms with E-state index in [0.717, 1.165) is 19.3 Å². The van der Waals surface area contributed by atoms with E-state index < -0.39 is 20.6 Å². The van der Waals surface area contributed by atoms with Crippen molar-refractivity contribution in [2.45, 2.75) is 65.4 Å². The van der Waals surface area contributed by atoms with Crippen LogP contribution in [0.15, 0.2) is 11.1 Å². The molecule has 0 saturated carbocycles. The van der Waals surface area contributed by atoms with Crippen LogP contribution in [0.3, 0.4) is 0 Å². The second kappa shape index (κ2) is 9.30. The van der Waals surface area contributed by atoms with Crippen molar-refractivity contribution >= 4 is 25.4 Å². The number of hydrogen-bond acceptors (Lipinski definition) is 7. The minimum atomic E-state index is -2.81. The summed E-state index contributed by atoms with van der Waals surface area (Å²) in [5, 5.41) is 3.11. The Morgan fingerprint density at radius 3 is 2.83 bits per heavy atom. The van der Waals surface area contributed by atoms with Gasteiger partial charge in [0, 0.05) is 17.0 Å². The van der Waals surface area contributed by atoms with E-state index in [1.807, 2.05) is 6.92 Å². The number of rotatable bonds is 9. The monoisotopic (exact) mass is 426 g/mol. The largest absolute Gasteiger partial charge is 0.695 e. The van der Waals surface area contributed by atoms with E-state index in [1.165, 1.54) is 6.33 Å². The Hall–Kier alpha value is -1.87. The number of ether oxygens (including phenoxy) is 1. The Morgan fingerprint density at radius 2 is 2.21 bits per heavy atom. The lowest BCUT2D eigenvalue weighted by Gasteiger charge is -2.18. The molecule has 1 fully saturated rings. The van der Waals surface area contributed by atoms with Crippen molar-refractivity contribution in [1.29, 1.82) is 0 Å². The predicted molar refractivity (Wildman–Crippen MR) is 109 cm³/mol. The fraction of sp³-hybridized carbons (Fsp3) is 0.722. The van der Waals surface area contributed by atoms with Gasteiger partial charge in [-0.15, -0.1) is 9.42 Å². The van der Waals surface area contributed by atoms with Crippen LogP contribution in [0.25, 0.3) is 11.2 Å². The molecule has 3 rings (SSSR count). The van der Waals surface area contributed by atoms with Gasteiger partial charge in [-0.3, -0.25) is 14.3 Å². The van der Waals surface area contributed by atoms with Crippen LogP contribution in [0.1, 0.15) is 53.2 Å². The van der Waals surface area contributed by atoms with Crippen LogP contribution in [0, 0.1) is 11.8 Å². The fourth-order valence-electron chi connectivity index (χ4n) is 3.82. The van der Waals surface area contributed by atoms with Gasteiger partial charge < -0.3 is 10.1 Å². The summed E-state index contributed by atoms with van der Waals surface area (Å²) in [4.78, 5) is 33.3. The van der Waals surface area contributed by atoms with E-state index in [0.29, 0.717) is 24.1 Å². The molecule has 0 spiro atoms. The lowest BCUT2D eigenvalue weighted by molar-refractivity contribution is -0.0297. The molecule has 1 aliphatic rings. The van der Waals surface area contributed by atoms with Crippen LogP contribution < -0.4 is 10.9 Å². The van der Waals surface area contributed by atoms with Crippen molar-refractivity contribution in [1.82, 2.24) is 19.5 Å². The molecule has 2 unspecified atom stereocenters. The fourth-order valence-corrected chi connectivity index (χ4v) is 4.29. The molecule has 0 bridgehead atoms. The van der Waals surface area contributed by atoms with Crippen molar-refractivity contribution < 1.29 is 18.7 Å². The molecular formula is C18H29N5O5P+. The number of hydrogen-bond donors (Lipinski definition) is 3. The Balaban J connectivity index is 2.02. The summed E-state index contributed by atoms with van der Waals surface area (Å²) in [7, 11) is -2.81. The molecule has 0 amide bonds. The minimum absolute atomic E-state index is 0.0425. The lowest BCUT2D eigenvalue weighted by Crippen LogP contribution is -2.28. The van der Waals surface area contributed by atoms with Crippen LogP contribution in [-0.2, 0) is 13.8 Å². The highest BCUT2D eigenvalue weighted by Crippen LogP contribution is 2.43. The molecule has 2 aromatic rings. The van der Waals surface area contributed by atoms with Crippen molar-refractivity contribution in [3.05, 3.63) is 16.7 Å². The number of H-pyrrole nitrogens is 1. The molecule has 160 valence electrons. The number of fused-ring (bicyclic) bond motifs is 1. The van der Waals surface area contributed by atoms with Crippen LogP contribution >= 0.6 is 8.25 Å². The Labute approximate surface area is 170 Å². The number of aromatic nitrogens is 4. The quantitative estimate of drug-likeness (QED) is 0.522. The highest BCUT2D eigenvalue weighted by atomic mass is 31.1. The van der Waals surface area contributed by atoms with Crippen molar-refractivity contribution in [2.75, 3.05) is 11.9 Å². The van der Waals surface area contributed by atoms with Crippen molar-refractivity contribution in [3.63, 3.8) is 0 Å². The summed E-state index contributed by atoms with van der Waals surface area (Å²) in [5.41, 5.74) is 0.169. The highest BCUT2D eigenvalue weighted by Gasteiger charge is 2.49. The van der Waals surface area contributed by atoms with E-state index in [-0.39, 0.29) is 23.1 Å². The third kappa shape index (κ3) is 4.66. The summed E-state index contributed by atoms with van der Waals surface area (Å²) in [5.74, 6) is 0.677. The summed E-state index contributed by atoms with van der Waals surface area (Å²) in [6.45, 7) is 8.81. The molecule has 3 N–H and O–H groups in total. The summed E-state index contributed by atoms with van der Waals surface area (Å²) in [6, 6.07) is 0. The van der Waals surface area contributed by atoms with Crippen molar-refractivity contribution in [2.24, 2.45) is 11.8 Å². The third-order valence-electron chi connectivity index (χ3n) is 5.12. The van der Waals surface area contributed by atoms with Gasteiger partial charge in [0.05, 0.1) is 12.4 Å². The molecule has 10 nitrogen and oxygen atoms in total. The first-order valence-electron chi connectivity index (χ1n) is 10.0. The van der Waals surface area contributed by atoms with Crippen LogP contribution in [0.4, 0.5) is 5.95 Å². The molecule has 3 heterocycles. The molecule has 11 heteroatoms. The van der Waals surface area contributed by atoms with Gasteiger partial charge in [-0.25, -0.2) is 4.98 Å². The molecule has 29 heavy (non-hydrogen) atoms. The predicted octanol–water partition coefficient (Wildman–Crippen LogP) is 2.95. The first kappa shape index (κ1) is 21.8. The summed E-state index contributed by atoms with van der Waals surface area (Å²) >= 11 is 0. The van der Waals surface area contributed by atoms with Crippen LogP contribution in [-0.4, -0.2) is 43.2 Å². The number of aromatic amines is 1. The summed E-state index contributed by atoms with van der Waals surface area (Å²) < 4.78 is 24.7. The molecule has 2 aromatic heterocycles. The van der Waals surface area contributed by atoms with Gasteiger partial charge in [-0.2, -0.15) is 4.98 Å². The maximum Gasteiger partial charge on any atom is 0.695 e. The number of nitrogens with zero attached hydrogens (tertiary/aromatic N) is 3. The molecule has 0 radical (unpaired) electrons. The molecule has 1 aliphatic heterocycles. The second-order valence-electron chi connectivity index (χ2n) is 7.75. The third-order valence-corrected chi connectivity index (χ3v) is 5.54. The first-order chi connectivity index (χ1) is 13.8. The zero-order valence-electron chi connectivity index (χ0n) is 17.2. The van der Waals surface area contributed by atoms with E-state index in [9.17, 15) is 14.3 Å².